The Labute approximate surface area is 92.0 Å². The number of rotatable bonds is 5. The maximum atomic E-state index is 11.8. The fourth-order valence-corrected chi connectivity index (χ4v) is 2.04. The van der Waals surface area contributed by atoms with Crippen molar-refractivity contribution in [1.82, 2.24) is 4.72 Å². The number of aliphatic hydroxyl groups is 1. The summed E-state index contributed by atoms with van der Waals surface area (Å²) < 4.78 is 48.3. The normalized spacial score (nSPS) is 12.0. The molecule has 0 aromatic heterocycles. The predicted molar refractivity (Wildman–Crippen MR) is 53.6 cm³/mol. The first kappa shape index (κ1) is 13.0. The van der Waals surface area contributed by atoms with Gasteiger partial charge in [-0.2, -0.15) is 0 Å². The second-order valence-corrected chi connectivity index (χ2v) is 4.81. The lowest BCUT2D eigenvalue weighted by atomic mass is 10.2. The summed E-state index contributed by atoms with van der Waals surface area (Å²) in [6.07, 6.45) is -2.73. The first-order valence-corrected chi connectivity index (χ1v) is 5.91. The molecular weight excluding hydrogens is 240 g/mol. The van der Waals surface area contributed by atoms with Crippen LogP contribution in [0.1, 0.15) is 5.56 Å². The second kappa shape index (κ2) is 5.33. The zero-order valence-corrected chi connectivity index (χ0v) is 9.05. The van der Waals surface area contributed by atoms with E-state index in [0.717, 1.165) is 0 Å². The number of aliphatic hydroxyl groups excluding tert-OH is 1. The molecule has 4 nitrogen and oxygen atoms in total. The number of nitrogens with one attached hydrogen (secondary N) is 1. The number of alkyl halides is 2. The van der Waals surface area contributed by atoms with Crippen molar-refractivity contribution in [1.29, 1.82) is 0 Å². The maximum absolute atomic E-state index is 11.8. The van der Waals surface area contributed by atoms with Crippen LogP contribution in [0.2, 0.25) is 0 Å². The molecule has 0 heterocycles. The quantitative estimate of drug-likeness (QED) is 0.810. The molecule has 0 amide bonds. The molecule has 2 N–H and O–H groups in total. The molecule has 1 aromatic rings. The Bertz CT molecular complexity index is 431. The third-order valence-electron chi connectivity index (χ3n) is 1.84. The summed E-state index contributed by atoms with van der Waals surface area (Å²) in [5.41, 5.74) is 0.549. The lowest BCUT2D eigenvalue weighted by molar-refractivity contribution is 0.153. The molecule has 0 saturated carbocycles. The zero-order chi connectivity index (χ0) is 12.2. The van der Waals surface area contributed by atoms with Crippen molar-refractivity contribution in [2.75, 3.05) is 6.54 Å². The smallest absolute Gasteiger partial charge is 0.251 e. The summed E-state index contributed by atoms with van der Waals surface area (Å²) >= 11 is 0. The molecule has 0 unspecified atom stereocenters. The van der Waals surface area contributed by atoms with Gasteiger partial charge in [-0.3, -0.25) is 0 Å². The van der Waals surface area contributed by atoms with E-state index in [-0.39, 0.29) is 11.5 Å². The Hall–Kier alpha value is -1.05. The van der Waals surface area contributed by atoms with E-state index in [4.69, 9.17) is 5.11 Å². The van der Waals surface area contributed by atoms with Crippen LogP contribution in [0.25, 0.3) is 0 Å². The molecule has 0 aliphatic heterocycles. The highest BCUT2D eigenvalue weighted by Gasteiger charge is 2.15. The highest BCUT2D eigenvalue weighted by atomic mass is 32.2. The van der Waals surface area contributed by atoms with E-state index < -0.39 is 23.0 Å². The molecule has 0 aliphatic rings. The van der Waals surface area contributed by atoms with Crippen molar-refractivity contribution < 1.29 is 22.3 Å². The first-order valence-electron chi connectivity index (χ1n) is 4.43. The monoisotopic (exact) mass is 251 g/mol. The highest BCUT2D eigenvalue weighted by Crippen LogP contribution is 2.10. The average Bonchev–Trinajstić information content (AvgIpc) is 2.27. The van der Waals surface area contributed by atoms with Crippen molar-refractivity contribution >= 4 is 10.0 Å². The summed E-state index contributed by atoms with van der Waals surface area (Å²) in [5.74, 6) is 0. The van der Waals surface area contributed by atoms with Crippen molar-refractivity contribution in [2.45, 2.75) is 17.9 Å². The van der Waals surface area contributed by atoms with E-state index in [9.17, 15) is 17.2 Å². The van der Waals surface area contributed by atoms with Crippen LogP contribution >= 0.6 is 0 Å². The molecule has 0 spiro atoms. The van der Waals surface area contributed by atoms with Gasteiger partial charge in [-0.25, -0.2) is 21.9 Å². The number of sulfonamides is 1. The van der Waals surface area contributed by atoms with Gasteiger partial charge in [-0.15, -0.1) is 0 Å². The van der Waals surface area contributed by atoms with Crippen molar-refractivity contribution in [3.05, 3.63) is 29.8 Å². The minimum atomic E-state index is -3.89. The molecule has 16 heavy (non-hydrogen) atoms. The molecule has 1 aromatic carbocycles. The van der Waals surface area contributed by atoms with Gasteiger partial charge in [0.15, 0.2) is 0 Å². The van der Waals surface area contributed by atoms with E-state index in [0.29, 0.717) is 5.56 Å². The lowest BCUT2D eigenvalue weighted by Gasteiger charge is -2.06. The number of halogens is 2. The van der Waals surface area contributed by atoms with Crippen molar-refractivity contribution in [3.63, 3.8) is 0 Å². The zero-order valence-electron chi connectivity index (χ0n) is 8.23. The fourth-order valence-electron chi connectivity index (χ4n) is 1.03. The molecular formula is C9H11F2NO3S. The standard InChI is InChI=1S/C9H11F2NO3S/c10-9(11)5-12-16(14,15)8-3-1-7(6-13)2-4-8/h1-4,9,12-13H,5-6H2. The number of benzene rings is 1. The first-order chi connectivity index (χ1) is 7.45. The van der Waals surface area contributed by atoms with Crippen LogP contribution in [-0.2, 0) is 16.6 Å². The number of hydrogen-bond acceptors (Lipinski definition) is 3. The van der Waals surface area contributed by atoms with Crippen molar-refractivity contribution in [3.8, 4) is 0 Å². The summed E-state index contributed by atoms with van der Waals surface area (Å²) in [6.45, 7) is -1.12. The molecule has 7 heteroatoms. The van der Waals surface area contributed by atoms with Gasteiger partial charge in [0.05, 0.1) is 18.0 Å². The van der Waals surface area contributed by atoms with Gasteiger partial charge in [0.1, 0.15) is 0 Å². The summed E-state index contributed by atoms with van der Waals surface area (Å²) in [6, 6.07) is 5.33. The van der Waals surface area contributed by atoms with Crippen LogP contribution in [0.3, 0.4) is 0 Å². The van der Waals surface area contributed by atoms with Crippen LogP contribution in [0.4, 0.5) is 8.78 Å². The molecule has 0 radical (unpaired) electrons. The molecule has 0 fully saturated rings. The lowest BCUT2D eigenvalue weighted by Crippen LogP contribution is -2.28. The second-order valence-electron chi connectivity index (χ2n) is 3.05. The Morgan fingerprint density at radius 2 is 1.81 bits per heavy atom. The van der Waals surface area contributed by atoms with Gasteiger partial charge < -0.3 is 5.11 Å². The van der Waals surface area contributed by atoms with Gasteiger partial charge in [0.2, 0.25) is 10.0 Å². The molecule has 0 saturated heterocycles. The van der Waals surface area contributed by atoms with E-state index in [2.05, 4.69) is 0 Å². The predicted octanol–water partition coefficient (Wildman–Crippen LogP) is 0.722. The Kier molecular flexibility index (Phi) is 4.34. The fraction of sp³-hybridized carbons (Fsp3) is 0.333. The minimum Gasteiger partial charge on any atom is -0.392 e. The minimum absolute atomic E-state index is 0.106. The van der Waals surface area contributed by atoms with Crippen LogP contribution < -0.4 is 4.72 Å². The van der Waals surface area contributed by atoms with E-state index in [1.165, 1.54) is 24.3 Å². The van der Waals surface area contributed by atoms with Crippen LogP contribution in [0.5, 0.6) is 0 Å². The summed E-state index contributed by atoms with van der Waals surface area (Å²) in [7, 11) is -3.89. The van der Waals surface area contributed by atoms with Gasteiger partial charge in [0.25, 0.3) is 6.43 Å². The Balaban J connectivity index is 2.82. The molecule has 1 rings (SSSR count). The van der Waals surface area contributed by atoms with Crippen LogP contribution in [0.15, 0.2) is 29.2 Å². The molecule has 90 valence electrons. The van der Waals surface area contributed by atoms with E-state index in [1.807, 2.05) is 0 Å². The maximum Gasteiger partial charge on any atom is 0.251 e. The molecule has 0 bridgehead atoms. The highest BCUT2D eigenvalue weighted by molar-refractivity contribution is 7.89. The van der Waals surface area contributed by atoms with E-state index in [1.54, 1.807) is 4.72 Å². The van der Waals surface area contributed by atoms with Gasteiger partial charge >= 0.3 is 0 Å². The van der Waals surface area contributed by atoms with Gasteiger partial charge in [-0.05, 0) is 17.7 Å². The van der Waals surface area contributed by atoms with E-state index >= 15 is 0 Å². The summed E-state index contributed by atoms with van der Waals surface area (Å²) in [5, 5.41) is 8.74. The van der Waals surface area contributed by atoms with Crippen LogP contribution in [-0.4, -0.2) is 26.5 Å². The Morgan fingerprint density at radius 1 is 1.25 bits per heavy atom. The molecule has 0 atom stereocenters. The topological polar surface area (TPSA) is 66.4 Å². The van der Waals surface area contributed by atoms with Gasteiger partial charge in [-0.1, -0.05) is 12.1 Å². The third kappa shape index (κ3) is 3.51. The summed E-state index contributed by atoms with van der Waals surface area (Å²) in [4.78, 5) is -0.106. The van der Waals surface area contributed by atoms with Crippen LogP contribution in [0, 0.1) is 0 Å². The number of hydrogen-bond donors (Lipinski definition) is 2. The third-order valence-corrected chi connectivity index (χ3v) is 3.28. The largest absolute Gasteiger partial charge is 0.392 e. The van der Waals surface area contributed by atoms with Gasteiger partial charge in [0, 0.05) is 0 Å². The van der Waals surface area contributed by atoms with Crippen molar-refractivity contribution in [2.24, 2.45) is 0 Å². The Morgan fingerprint density at radius 3 is 2.25 bits per heavy atom. The SMILES string of the molecule is O=S(=O)(NCC(F)F)c1ccc(CO)cc1. The molecule has 0 aliphatic carbocycles. The average molecular weight is 251 g/mol.